The molecule has 1 aromatic rings. The first-order valence-electron chi connectivity index (χ1n) is 4.33. The van der Waals surface area contributed by atoms with Gasteiger partial charge < -0.3 is 14.4 Å². The summed E-state index contributed by atoms with van der Waals surface area (Å²) in [7, 11) is 4.37. The van der Waals surface area contributed by atoms with Gasteiger partial charge in [-0.05, 0) is 0 Å². The smallest absolute Gasteiger partial charge is 0.167 e. The molecule has 0 saturated heterocycles. The van der Waals surface area contributed by atoms with Gasteiger partial charge in [0.2, 0.25) is 0 Å². The van der Waals surface area contributed by atoms with Crippen LogP contribution in [0, 0.1) is 11.6 Å². The number of ether oxygens (including phenoxy) is 2. The van der Waals surface area contributed by atoms with E-state index >= 15 is 0 Å². The van der Waals surface area contributed by atoms with Crippen molar-refractivity contribution >= 4 is 5.69 Å². The van der Waals surface area contributed by atoms with Crippen molar-refractivity contribution in [1.29, 1.82) is 0 Å². The number of rotatable bonds is 4. The van der Waals surface area contributed by atoms with Gasteiger partial charge in [0.25, 0.3) is 0 Å². The summed E-state index contributed by atoms with van der Waals surface area (Å²) in [5.74, 6) is -1.26. The Labute approximate surface area is 87.2 Å². The Hall–Kier alpha value is -1.36. The normalized spacial score (nSPS) is 10.2. The van der Waals surface area contributed by atoms with E-state index in [1.807, 2.05) is 0 Å². The third kappa shape index (κ3) is 2.56. The second-order valence-electron chi connectivity index (χ2n) is 3.05. The van der Waals surface area contributed by atoms with Crippen molar-refractivity contribution in [2.45, 2.75) is 0 Å². The zero-order valence-electron chi connectivity index (χ0n) is 8.88. The zero-order valence-corrected chi connectivity index (χ0v) is 8.88. The summed E-state index contributed by atoms with van der Waals surface area (Å²) >= 11 is 0. The number of hydrogen-bond donors (Lipinski definition) is 0. The molecule has 1 rings (SSSR count). The molecular formula is C10H13F2NO2. The quantitative estimate of drug-likeness (QED) is 0.720. The first-order valence-corrected chi connectivity index (χ1v) is 4.33. The van der Waals surface area contributed by atoms with Gasteiger partial charge in [0.05, 0.1) is 12.8 Å². The predicted molar refractivity (Wildman–Crippen MR) is 53.2 cm³/mol. The SMILES string of the molecule is COCN(C)c1cc(F)c(OC)cc1F. The first-order chi connectivity index (χ1) is 7.10. The number of halogens is 2. The molecule has 0 saturated carbocycles. The van der Waals surface area contributed by atoms with Crippen molar-refractivity contribution in [1.82, 2.24) is 0 Å². The first kappa shape index (κ1) is 11.7. The Balaban J connectivity index is 3.04. The maximum Gasteiger partial charge on any atom is 0.167 e. The lowest BCUT2D eigenvalue weighted by Crippen LogP contribution is -2.21. The Morgan fingerprint density at radius 1 is 1.20 bits per heavy atom. The molecular weight excluding hydrogens is 204 g/mol. The van der Waals surface area contributed by atoms with Crippen LogP contribution < -0.4 is 9.64 Å². The fourth-order valence-corrected chi connectivity index (χ4v) is 1.23. The van der Waals surface area contributed by atoms with Crippen molar-refractivity contribution in [3.8, 4) is 5.75 Å². The van der Waals surface area contributed by atoms with Crippen molar-refractivity contribution in [2.24, 2.45) is 0 Å². The van der Waals surface area contributed by atoms with Gasteiger partial charge in [-0.1, -0.05) is 0 Å². The molecule has 0 fully saturated rings. The number of hydrogen-bond acceptors (Lipinski definition) is 3. The molecule has 0 aromatic heterocycles. The van der Waals surface area contributed by atoms with Crippen LogP contribution in [0.4, 0.5) is 14.5 Å². The monoisotopic (exact) mass is 217 g/mol. The van der Waals surface area contributed by atoms with Gasteiger partial charge in [0.15, 0.2) is 11.6 Å². The average Bonchev–Trinajstić information content (AvgIpc) is 2.21. The molecule has 0 spiro atoms. The number of anilines is 1. The zero-order chi connectivity index (χ0) is 11.4. The van der Waals surface area contributed by atoms with Crippen molar-refractivity contribution < 1.29 is 18.3 Å². The molecule has 0 aliphatic carbocycles. The molecule has 0 unspecified atom stereocenters. The largest absolute Gasteiger partial charge is 0.494 e. The summed E-state index contributed by atoms with van der Waals surface area (Å²) in [5, 5.41) is 0. The highest BCUT2D eigenvalue weighted by atomic mass is 19.1. The van der Waals surface area contributed by atoms with Gasteiger partial charge in [-0.15, -0.1) is 0 Å². The van der Waals surface area contributed by atoms with Crippen LogP contribution in [0.25, 0.3) is 0 Å². The van der Waals surface area contributed by atoms with E-state index in [2.05, 4.69) is 4.74 Å². The molecule has 5 heteroatoms. The van der Waals surface area contributed by atoms with E-state index in [4.69, 9.17) is 4.74 Å². The van der Waals surface area contributed by atoms with Crippen LogP contribution in [-0.4, -0.2) is 28.0 Å². The molecule has 15 heavy (non-hydrogen) atoms. The number of nitrogens with zero attached hydrogens (tertiary/aromatic N) is 1. The summed E-state index contributed by atoms with van der Waals surface area (Å²) in [4.78, 5) is 1.46. The second-order valence-corrected chi connectivity index (χ2v) is 3.05. The van der Waals surface area contributed by atoms with Gasteiger partial charge in [-0.3, -0.25) is 0 Å². The van der Waals surface area contributed by atoms with Crippen LogP contribution in [0.1, 0.15) is 0 Å². The fourth-order valence-electron chi connectivity index (χ4n) is 1.23. The van der Waals surface area contributed by atoms with Gasteiger partial charge in [0, 0.05) is 26.3 Å². The Morgan fingerprint density at radius 3 is 2.40 bits per heavy atom. The van der Waals surface area contributed by atoms with E-state index in [0.717, 1.165) is 12.1 Å². The van der Waals surface area contributed by atoms with E-state index in [-0.39, 0.29) is 18.2 Å². The standard InChI is InChI=1S/C10H13F2NO2/c1-13(6-14-2)9-4-8(12)10(15-3)5-7(9)11/h4-5H,6H2,1-3H3. The van der Waals surface area contributed by atoms with Crippen LogP contribution in [0.2, 0.25) is 0 Å². The molecule has 3 nitrogen and oxygen atoms in total. The minimum atomic E-state index is -0.600. The summed E-state index contributed by atoms with van der Waals surface area (Å²) in [6.07, 6.45) is 0. The number of methoxy groups -OCH3 is 2. The molecule has 0 radical (unpaired) electrons. The molecule has 0 heterocycles. The molecule has 0 aliphatic rings. The van der Waals surface area contributed by atoms with Crippen molar-refractivity contribution in [3.05, 3.63) is 23.8 Å². The molecule has 0 bridgehead atoms. The van der Waals surface area contributed by atoms with E-state index in [0.29, 0.717) is 0 Å². The molecule has 0 N–H and O–H groups in total. The van der Waals surface area contributed by atoms with Gasteiger partial charge in [-0.2, -0.15) is 0 Å². The van der Waals surface area contributed by atoms with Gasteiger partial charge in [-0.25, -0.2) is 8.78 Å². The molecule has 1 aromatic carbocycles. The molecule has 0 atom stereocenters. The van der Waals surface area contributed by atoms with E-state index in [9.17, 15) is 8.78 Å². The van der Waals surface area contributed by atoms with Gasteiger partial charge >= 0.3 is 0 Å². The summed E-state index contributed by atoms with van der Waals surface area (Å²) in [6, 6.07) is 2.09. The van der Waals surface area contributed by atoms with Crippen LogP contribution >= 0.6 is 0 Å². The third-order valence-electron chi connectivity index (χ3n) is 1.96. The highest BCUT2D eigenvalue weighted by Gasteiger charge is 2.13. The topological polar surface area (TPSA) is 21.7 Å². The highest BCUT2D eigenvalue weighted by Crippen LogP contribution is 2.26. The lowest BCUT2D eigenvalue weighted by Gasteiger charge is -2.19. The van der Waals surface area contributed by atoms with Gasteiger partial charge in [0.1, 0.15) is 12.5 Å². The van der Waals surface area contributed by atoms with E-state index in [1.54, 1.807) is 7.05 Å². The van der Waals surface area contributed by atoms with E-state index in [1.165, 1.54) is 19.1 Å². The Bertz CT molecular complexity index is 344. The minimum Gasteiger partial charge on any atom is -0.494 e. The molecule has 84 valence electrons. The maximum atomic E-state index is 13.4. The third-order valence-corrected chi connectivity index (χ3v) is 1.96. The fraction of sp³-hybridized carbons (Fsp3) is 0.400. The lowest BCUT2D eigenvalue weighted by atomic mass is 10.2. The second kappa shape index (κ2) is 4.93. The minimum absolute atomic E-state index is 0.109. The van der Waals surface area contributed by atoms with Crippen LogP contribution in [0.3, 0.4) is 0 Å². The van der Waals surface area contributed by atoms with Crippen LogP contribution in [0.5, 0.6) is 5.75 Å². The summed E-state index contributed by atoms with van der Waals surface area (Å²) < 4.78 is 36.2. The van der Waals surface area contributed by atoms with E-state index < -0.39 is 11.6 Å². The molecule has 0 amide bonds. The Morgan fingerprint density at radius 2 is 1.87 bits per heavy atom. The summed E-state index contributed by atoms with van der Waals surface area (Å²) in [5.41, 5.74) is 0.134. The maximum absolute atomic E-state index is 13.4. The van der Waals surface area contributed by atoms with Crippen molar-refractivity contribution in [2.75, 3.05) is 32.9 Å². The van der Waals surface area contributed by atoms with Crippen LogP contribution in [0.15, 0.2) is 12.1 Å². The highest BCUT2D eigenvalue weighted by molar-refractivity contribution is 5.50. The summed E-state index contributed by atoms with van der Waals surface area (Å²) in [6.45, 7) is 0.183. The Kier molecular flexibility index (Phi) is 3.85. The number of benzene rings is 1. The average molecular weight is 217 g/mol. The van der Waals surface area contributed by atoms with Crippen molar-refractivity contribution in [3.63, 3.8) is 0 Å². The lowest BCUT2D eigenvalue weighted by molar-refractivity contribution is 0.201. The molecule has 0 aliphatic heterocycles. The predicted octanol–water partition coefficient (Wildman–Crippen LogP) is 2.01. The van der Waals surface area contributed by atoms with Crippen LogP contribution in [-0.2, 0) is 4.74 Å².